The zero-order valence-corrected chi connectivity index (χ0v) is 12.6. The van der Waals surface area contributed by atoms with Gasteiger partial charge in [0.25, 0.3) is 5.91 Å². The van der Waals surface area contributed by atoms with E-state index in [0.717, 1.165) is 27.2 Å². The van der Waals surface area contributed by atoms with Crippen LogP contribution < -0.4 is 0 Å². The van der Waals surface area contributed by atoms with Gasteiger partial charge in [-0.1, -0.05) is 6.92 Å². The first kappa shape index (κ1) is 13.7. The van der Waals surface area contributed by atoms with Crippen molar-refractivity contribution in [1.82, 2.24) is 4.90 Å². The summed E-state index contributed by atoms with van der Waals surface area (Å²) in [6.45, 7) is 9.01. The van der Waals surface area contributed by atoms with Gasteiger partial charge in [0.1, 0.15) is 0 Å². The second-order valence-electron chi connectivity index (χ2n) is 3.92. The molecule has 90 valence electrons. The number of carbonyl (C=O) groups is 1. The summed E-state index contributed by atoms with van der Waals surface area (Å²) in [5.74, 6) is 0.149. The first-order chi connectivity index (χ1) is 7.51. The minimum absolute atomic E-state index is 0.149. The molecule has 1 aromatic heterocycles. The Morgan fingerprint density at radius 2 is 2.19 bits per heavy atom. The van der Waals surface area contributed by atoms with E-state index in [1.165, 1.54) is 11.3 Å². The van der Waals surface area contributed by atoms with E-state index in [9.17, 15) is 4.79 Å². The number of hydrogen-bond acceptors (Lipinski definition) is 2. The van der Waals surface area contributed by atoms with Crippen molar-refractivity contribution in [2.24, 2.45) is 0 Å². The first-order valence-corrected chi connectivity index (χ1v) is 7.19. The largest absolute Gasteiger partial charge is 0.336 e. The number of thiophene rings is 1. The van der Waals surface area contributed by atoms with Gasteiger partial charge < -0.3 is 4.90 Å². The predicted octanol–water partition coefficient (Wildman–Crippen LogP) is 4.08. The molecule has 2 nitrogen and oxygen atoms in total. The highest BCUT2D eigenvalue weighted by Gasteiger charge is 2.20. The van der Waals surface area contributed by atoms with E-state index in [1.807, 2.05) is 24.8 Å². The first-order valence-electron chi connectivity index (χ1n) is 5.58. The second-order valence-corrected chi connectivity index (χ2v) is 6.29. The van der Waals surface area contributed by atoms with Crippen LogP contribution in [-0.2, 0) is 0 Å². The van der Waals surface area contributed by atoms with Crippen LogP contribution in [0, 0.1) is 6.92 Å². The van der Waals surface area contributed by atoms with Crippen molar-refractivity contribution in [1.29, 1.82) is 0 Å². The van der Waals surface area contributed by atoms with Gasteiger partial charge in [-0.2, -0.15) is 0 Å². The molecule has 16 heavy (non-hydrogen) atoms. The molecule has 0 aromatic carbocycles. The van der Waals surface area contributed by atoms with Crippen molar-refractivity contribution < 1.29 is 4.79 Å². The summed E-state index contributed by atoms with van der Waals surface area (Å²) in [7, 11) is 0. The van der Waals surface area contributed by atoms with Crippen molar-refractivity contribution >= 4 is 33.2 Å². The number of amides is 1. The molecule has 1 aromatic rings. The van der Waals surface area contributed by atoms with Crippen molar-refractivity contribution in [3.8, 4) is 0 Å². The van der Waals surface area contributed by atoms with Gasteiger partial charge in [-0.05, 0) is 54.8 Å². The molecule has 0 aliphatic heterocycles. The molecule has 0 bridgehead atoms. The maximum Gasteiger partial charge on any atom is 0.264 e. The van der Waals surface area contributed by atoms with E-state index in [-0.39, 0.29) is 5.91 Å². The number of halogens is 1. The highest BCUT2D eigenvalue weighted by Crippen LogP contribution is 2.28. The molecule has 0 aliphatic rings. The maximum atomic E-state index is 12.3. The number of hydrogen-bond donors (Lipinski definition) is 0. The van der Waals surface area contributed by atoms with Gasteiger partial charge >= 0.3 is 0 Å². The van der Waals surface area contributed by atoms with E-state index in [0.29, 0.717) is 6.04 Å². The minimum Gasteiger partial charge on any atom is -0.336 e. The molecule has 1 heterocycles. The summed E-state index contributed by atoms with van der Waals surface area (Å²) < 4.78 is 1.05. The number of carbonyl (C=O) groups excluding carboxylic acids is 1. The molecule has 0 N–H and O–H groups in total. The fraction of sp³-hybridized carbons (Fsp3) is 0.583. The Bertz CT molecular complexity index is 356. The third-order valence-corrected chi connectivity index (χ3v) is 4.92. The van der Waals surface area contributed by atoms with Crippen molar-refractivity contribution in [3.63, 3.8) is 0 Å². The van der Waals surface area contributed by atoms with Crippen molar-refractivity contribution in [3.05, 3.63) is 20.3 Å². The Morgan fingerprint density at radius 1 is 1.56 bits per heavy atom. The fourth-order valence-electron chi connectivity index (χ4n) is 1.58. The quantitative estimate of drug-likeness (QED) is 0.821. The summed E-state index contributed by atoms with van der Waals surface area (Å²) in [5, 5.41) is 0. The Labute approximate surface area is 110 Å². The van der Waals surface area contributed by atoms with Crippen LogP contribution in [0.25, 0.3) is 0 Å². The van der Waals surface area contributed by atoms with Crippen LogP contribution >= 0.6 is 27.3 Å². The Balaban J connectivity index is 2.91. The van der Waals surface area contributed by atoms with E-state index < -0.39 is 0 Å². The lowest BCUT2D eigenvalue weighted by molar-refractivity contribution is 0.0705. The zero-order valence-electron chi connectivity index (χ0n) is 10.2. The summed E-state index contributed by atoms with van der Waals surface area (Å²) in [6.07, 6.45) is 0.991. The smallest absolute Gasteiger partial charge is 0.264 e. The van der Waals surface area contributed by atoms with E-state index in [1.54, 1.807) is 0 Å². The van der Waals surface area contributed by atoms with Crippen LogP contribution in [0.5, 0.6) is 0 Å². The van der Waals surface area contributed by atoms with E-state index in [4.69, 9.17) is 0 Å². The van der Waals surface area contributed by atoms with Crippen LogP contribution in [0.4, 0.5) is 0 Å². The Hall–Kier alpha value is -0.350. The molecule has 1 rings (SSSR count). The molecule has 4 heteroatoms. The second kappa shape index (κ2) is 5.82. The van der Waals surface area contributed by atoms with Crippen LogP contribution in [0.15, 0.2) is 9.85 Å². The van der Waals surface area contributed by atoms with Crippen molar-refractivity contribution in [2.75, 3.05) is 6.54 Å². The Morgan fingerprint density at radius 3 is 2.56 bits per heavy atom. The molecule has 0 spiro atoms. The normalized spacial score (nSPS) is 12.6. The number of rotatable bonds is 4. The van der Waals surface area contributed by atoms with Gasteiger partial charge in [-0.3, -0.25) is 4.79 Å². The third-order valence-electron chi connectivity index (χ3n) is 2.79. The summed E-state index contributed by atoms with van der Waals surface area (Å²) >= 11 is 4.98. The molecule has 0 saturated carbocycles. The maximum absolute atomic E-state index is 12.3. The van der Waals surface area contributed by atoms with Gasteiger partial charge in [0.15, 0.2) is 0 Å². The van der Waals surface area contributed by atoms with E-state index >= 15 is 0 Å². The van der Waals surface area contributed by atoms with Gasteiger partial charge in [-0.15, -0.1) is 11.3 Å². The van der Waals surface area contributed by atoms with Crippen molar-refractivity contribution in [2.45, 2.75) is 40.2 Å². The molecule has 1 atom stereocenters. The highest BCUT2D eigenvalue weighted by atomic mass is 79.9. The average Bonchev–Trinajstić information content (AvgIpc) is 2.59. The zero-order chi connectivity index (χ0) is 12.3. The summed E-state index contributed by atoms with van der Waals surface area (Å²) in [4.78, 5) is 15.0. The predicted molar refractivity (Wildman–Crippen MR) is 73.2 cm³/mol. The van der Waals surface area contributed by atoms with Gasteiger partial charge in [0.05, 0.1) is 8.66 Å². The van der Waals surface area contributed by atoms with Crippen LogP contribution in [-0.4, -0.2) is 23.4 Å². The minimum atomic E-state index is 0.149. The lowest BCUT2D eigenvalue weighted by atomic mass is 10.2. The van der Waals surface area contributed by atoms with Gasteiger partial charge in [0, 0.05) is 12.6 Å². The molecule has 0 fully saturated rings. The molecule has 0 saturated heterocycles. The molecular formula is C12H18BrNOS. The Kier molecular flexibility index (Phi) is 4.99. The third kappa shape index (κ3) is 2.86. The lowest BCUT2D eigenvalue weighted by Crippen LogP contribution is -2.37. The average molecular weight is 304 g/mol. The van der Waals surface area contributed by atoms with Gasteiger partial charge in [0.2, 0.25) is 0 Å². The van der Waals surface area contributed by atoms with Crippen LogP contribution in [0.2, 0.25) is 0 Å². The van der Waals surface area contributed by atoms with Crippen LogP contribution in [0.3, 0.4) is 0 Å². The van der Waals surface area contributed by atoms with E-state index in [2.05, 4.69) is 29.8 Å². The molecule has 0 radical (unpaired) electrons. The van der Waals surface area contributed by atoms with Gasteiger partial charge in [-0.25, -0.2) is 0 Å². The standard InChI is InChI=1S/C12H18BrNOS/c1-5-9(4)14(6-2)12(15)10-7-8(3)11(13)16-10/h7,9H,5-6H2,1-4H3. The number of aryl methyl sites for hydroxylation is 1. The molecule has 1 unspecified atom stereocenters. The monoisotopic (exact) mass is 303 g/mol. The SMILES string of the molecule is CCC(C)N(CC)C(=O)c1cc(C)c(Br)s1. The topological polar surface area (TPSA) is 20.3 Å². The summed E-state index contributed by atoms with van der Waals surface area (Å²) in [6, 6.07) is 2.26. The van der Waals surface area contributed by atoms with Crippen LogP contribution in [0.1, 0.15) is 42.4 Å². The summed E-state index contributed by atoms with van der Waals surface area (Å²) in [5.41, 5.74) is 1.13. The molecule has 0 aliphatic carbocycles. The number of nitrogens with zero attached hydrogens (tertiary/aromatic N) is 1. The molecule has 1 amide bonds. The fourth-order valence-corrected chi connectivity index (χ4v) is 3.07. The highest BCUT2D eigenvalue weighted by molar-refractivity contribution is 9.11. The lowest BCUT2D eigenvalue weighted by Gasteiger charge is -2.26. The molecular weight excluding hydrogens is 286 g/mol.